The molecule has 8 nitrogen and oxygen atoms in total. The van der Waals surface area contributed by atoms with Crippen molar-refractivity contribution in [3.63, 3.8) is 0 Å². The SMILES string of the molecule is CCC(=O)Nc1ccc(C)cc1-c1nc2ccccc2n(CC(=O)Nc2ccc(OC)cc2)c1=O. The predicted octanol–water partition coefficient (Wildman–Crippen LogP) is 4.37. The predicted molar refractivity (Wildman–Crippen MR) is 137 cm³/mol. The summed E-state index contributed by atoms with van der Waals surface area (Å²) in [6, 6.07) is 19.5. The fraction of sp³-hybridized carbons (Fsp3) is 0.185. The van der Waals surface area contributed by atoms with Gasteiger partial charge in [-0.25, -0.2) is 4.98 Å². The number of methoxy groups -OCH3 is 1. The number of anilines is 2. The third kappa shape index (κ3) is 5.22. The van der Waals surface area contributed by atoms with Gasteiger partial charge >= 0.3 is 0 Å². The lowest BCUT2D eigenvalue weighted by atomic mass is 10.1. The molecule has 0 unspecified atom stereocenters. The summed E-state index contributed by atoms with van der Waals surface area (Å²) in [7, 11) is 1.57. The molecular formula is C27H26N4O4. The minimum Gasteiger partial charge on any atom is -0.497 e. The van der Waals surface area contributed by atoms with Crippen LogP contribution in [-0.2, 0) is 16.1 Å². The van der Waals surface area contributed by atoms with Gasteiger partial charge in [-0.3, -0.25) is 19.0 Å². The van der Waals surface area contributed by atoms with E-state index in [-0.39, 0.29) is 24.1 Å². The molecule has 0 radical (unpaired) electrons. The van der Waals surface area contributed by atoms with Gasteiger partial charge in [0.05, 0.1) is 23.8 Å². The molecule has 8 heteroatoms. The summed E-state index contributed by atoms with van der Waals surface area (Å²) in [5.74, 6) is 0.145. The van der Waals surface area contributed by atoms with E-state index >= 15 is 0 Å². The zero-order valence-corrected chi connectivity index (χ0v) is 19.8. The molecule has 35 heavy (non-hydrogen) atoms. The number of aromatic nitrogens is 2. The number of rotatable bonds is 7. The first-order chi connectivity index (χ1) is 16.9. The number of fused-ring (bicyclic) bond motifs is 1. The van der Waals surface area contributed by atoms with Gasteiger partial charge in [-0.05, 0) is 55.5 Å². The molecule has 0 bridgehead atoms. The molecule has 0 spiro atoms. The smallest absolute Gasteiger partial charge is 0.278 e. The first-order valence-corrected chi connectivity index (χ1v) is 11.2. The number of carbonyl (C=O) groups excluding carboxylic acids is 2. The molecule has 178 valence electrons. The van der Waals surface area contributed by atoms with Gasteiger partial charge in [0.15, 0.2) is 0 Å². The summed E-state index contributed by atoms with van der Waals surface area (Å²) in [4.78, 5) is 43.3. The van der Waals surface area contributed by atoms with Crippen LogP contribution in [0.25, 0.3) is 22.3 Å². The Balaban J connectivity index is 1.77. The topological polar surface area (TPSA) is 102 Å². The highest BCUT2D eigenvalue weighted by molar-refractivity contribution is 5.96. The maximum atomic E-state index is 13.7. The van der Waals surface area contributed by atoms with Crippen LogP contribution in [0.5, 0.6) is 5.75 Å². The molecule has 4 aromatic rings. The van der Waals surface area contributed by atoms with Crippen LogP contribution < -0.4 is 20.9 Å². The largest absolute Gasteiger partial charge is 0.497 e. The number of nitrogens with one attached hydrogen (secondary N) is 2. The van der Waals surface area contributed by atoms with Crippen molar-refractivity contribution in [2.24, 2.45) is 0 Å². The van der Waals surface area contributed by atoms with Crippen LogP contribution in [0.1, 0.15) is 18.9 Å². The highest BCUT2D eigenvalue weighted by Crippen LogP contribution is 2.27. The van der Waals surface area contributed by atoms with Crippen LogP contribution in [0.3, 0.4) is 0 Å². The number of aryl methyl sites for hydroxylation is 1. The second-order valence-corrected chi connectivity index (χ2v) is 8.07. The number of ether oxygens (including phenoxy) is 1. The number of carbonyl (C=O) groups is 2. The molecule has 0 saturated heterocycles. The van der Waals surface area contributed by atoms with E-state index < -0.39 is 5.56 Å². The van der Waals surface area contributed by atoms with Gasteiger partial charge in [-0.2, -0.15) is 0 Å². The summed E-state index contributed by atoms with van der Waals surface area (Å²) in [5, 5.41) is 5.66. The van der Waals surface area contributed by atoms with Gasteiger partial charge in [0, 0.05) is 17.7 Å². The standard InChI is InChI=1S/C27H26N4O4/c1-4-24(32)29-21-14-9-17(2)15-20(21)26-27(34)31(23-8-6-5-7-22(23)30-26)16-25(33)28-18-10-12-19(35-3)13-11-18/h5-15H,4,16H2,1-3H3,(H,28,33)(H,29,32). The zero-order chi connectivity index (χ0) is 24.9. The van der Waals surface area contributed by atoms with E-state index in [1.54, 1.807) is 62.6 Å². The summed E-state index contributed by atoms with van der Waals surface area (Å²) in [6.45, 7) is 3.45. The van der Waals surface area contributed by atoms with Crippen molar-refractivity contribution in [2.45, 2.75) is 26.8 Å². The number of para-hydroxylation sites is 2. The van der Waals surface area contributed by atoms with Crippen LogP contribution in [0, 0.1) is 6.92 Å². The van der Waals surface area contributed by atoms with Gasteiger partial charge < -0.3 is 15.4 Å². The molecule has 1 aromatic heterocycles. The van der Waals surface area contributed by atoms with Crippen molar-refractivity contribution in [2.75, 3.05) is 17.7 Å². The molecule has 0 saturated carbocycles. The third-order valence-corrected chi connectivity index (χ3v) is 5.55. The molecule has 2 amide bonds. The lowest BCUT2D eigenvalue weighted by Gasteiger charge is -2.15. The average molecular weight is 471 g/mol. The Labute approximate surface area is 202 Å². The van der Waals surface area contributed by atoms with E-state index in [4.69, 9.17) is 4.74 Å². The van der Waals surface area contributed by atoms with E-state index in [1.807, 2.05) is 25.1 Å². The van der Waals surface area contributed by atoms with E-state index in [0.29, 0.717) is 40.1 Å². The summed E-state index contributed by atoms with van der Waals surface area (Å²) < 4.78 is 6.55. The fourth-order valence-corrected chi connectivity index (χ4v) is 3.74. The Kier molecular flexibility index (Phi) is 6.91. The Bertz CT molecular complexity index is 1460. The zero-order valence-electron chi connectivity index (χ0n) is 19.8. The van der Waals surface area contributed by atoms with Gasteiger partial charge in [-0.15, -0.1) is 0 Å². The lowest BCUT2D eigenvalue weighted by molar-refractivity contribution is -0.117. The molecule has 0 aliphatic rings. The second kappa shape index (κ2) is 10.2. The van der Waals surface area contributed by atoms with Gasteiger partial charge in [0.1, 0.15) is 18.0 Å². The minimum atomic E-state index is -0.425. The normalized spacial score (nSPS) is 10.7. The summed E-state index contributed by atoms with van der Waals surface area (Å²) in [5.41, 5.74) is 3.34. The van der Waals surface area contributed by atoms with Crippen LogP contribution in [0.15, 0.2) is 71.5 Å². The minimum absolute atomic E-state index is 0.163. The van der Waals surface area contributed by atoms with Gasteiger partial charge in [-0.1, -0.05) is 30.7 Å². The maximum Gasteiger partial charge on any atom is 0.278 e. The number of hydrogen-bond donors (Lipinski definition) is 2. The van der Waals surface area contributed by atoms with Gasteiger partial charge in [0.2, 0.25) is 11.8 Å². The van der Waals surface area contributed by atoms with Crippen molar-refractivity contribution in [1.82, 2.24) is 9.55 Å². The third-order valence-electron chi connectivity index (χ3n) is 5.55. The number of nitrogens with zero attached hydrogens (tertiary/aromatic N) is 2. The van der Waals surface area contributed by atoms with E-state index in [9.17, 15) is 14.4 Å². The van der Waals surface area contributed by atoms with Crippen LogP contribution in [0.4, 0.5) is 11.4 Å². The first kappa shape index (κ1) is 23.7. The molecule has 2 N–H and O–H groups in total. The average Bonchev–Trinajstić information content (AvgIpc) is 2.87. The fourth-order valence-electron chi connectivity index (χ4n) is 3.74. The Morgan fingerprint density at radius 1 is 0.971 bits per heavy atom. The highest BCUT2D eigenvalue weighted by atomic mass is 16.5. The molecule has 4 rings (SSSR count). The van der Waals surface area contributed by atoms with Crippen molar-refractivity contribution in [1.29, 1.82) is 0 Å². The molecule has 3 aromatic carbocycles. The van der Waals surface area contributed by atoms with E-state index in [2.05, 4.69) is 15.6 Å². The summed E-state index contributed by atoms with van der Waals surface area (Å²) >= 11 is 0. The monoisotopic (exact) mass is 470 g/mol. The molecular weight excluding hydrogens is 444 g/mol. The first-order valence-electron chi connectivity index (χ1n) is 11.2. The Hall–Kier alpha value is -4.46. The van der Waals surface area contributed by atoms with E-state index in [0.717, 1.165) is 5.56 Å². The number of hydrogen-bond acceptors (Lipinski definition) is 5. The summed E-state index contributed by atoms with van der Waals surface area (Å²) in [6.07, 6.45) is 0.300. The van der Waals surface area contributed by atoms with Crippen LogP contribution in [-0.4, -0.2) is 28.5 Å². The Morgan fingerprint density at radius 3 is 2.43 bits per heavy atom. The molecule has 0 aliphatic carbocycles. The maximum absolute atomic E-state index is 13.7. The van der Waals surface area contributed by atoms with Crippen molar-refractivity contribution < 1.29 is 14.3 Å². The van der Waals surface area contributed by atoms with Gasteiger partial charge in [0.25, 0.3) is 5.56 Å². The highest BCUT2D eigenvalue weighted by Gasteiger charge is 2.18. The quantitative estimate of drug-likeness (QED) is 0.418. The molecule has 1 heterocycles. The number of benzene rings is 3. The molecule has 0 aliphatic heterocycles. The van der Waals surface area contributed by atoms with Crippen molar-refractivity contribution >= 4 is 34.2 Å². The lowest BCUT2D eigenvalue weighted by Crippen LogP contribution is -2.30. The molecule has 0 atom stereocenters. The number of amides is 2. The van der Waals surface area contributed by atoms with E-state index in [1.165, 1.54) is 4.57 Å². The Morgan fingerprint density at radius 2 is 1.71 bits per heavy atom. The van der Waals surface area contributed by atoms with Crippen LogP contribution in [0.2, 0.25) is 0 Å². The molecule has 0 fully saturated rings. The van der Waals surface area contributed by atoms with Crippen LogP contribution >= 0.6 is 0 Å². The van der Waals surface area contributed by atoms with Crippen molar-refractivity contribution in [3.05, 3.63) is 82.6 Å². The van der Waals surface area contributed by atoms with Crippen molar-refractivity contribution in [3.8, 4) is 17.0 Å². The second-order valence-electron chi connectivity index (χ2n) is 8.07.